The van der Waals surface area contributed by atoms with E-state index in [1.807, 2.05) is 30.3 Å². The van der Waals surface area contributed by atoms with Crippen LogP contribution in [0.4, 0.5) is 5.69 Å². The van der Waals surface area contributed by atoms with Gasteiger partial charge in [-0.25, -0.2) is 0 Å². The summed E-state index contributed by atoms with van der Waals surface area (Å²) in [6, 6.07) is 17.3. The second-order valence-electron chi connectivity index (χ2n) is 4.98. The minimum Gasteiger partial charge on any atom is -0.508 e. The summed E-state index contributed by atoms with van der Waals surface area (Å²) in [7, 11) is 0. The monoisotopic (exact) mass is 282 g/mol. The first-order chi connectivity index (χ1) is 10.3. The highest BCUT2D eigenvalue weighted by Gasteiger charge is 2.26. The fraction of sp³-hybridized carbons (Fsp3) is 0.235. The lowest BCUT2D eigenvalue weighted by Gasteiger charge is -2.21. The zero-order chi connectivity index (χ0) is 14.7. The van der Waals surface area contributed by atoms with Crippen molar-refractivity contribution in [3.8, 4) is 5.75 Å². The van der Waals surface area contributed by atoms with Crippen molar-refractivity contribution in [3.63, 3.8) is 0 Å². The van der Waals surface area contributed by atoms with Gasteiger partial charge in [-0.1, -0.05) is 35.5 Å². The van der Waals surface area contributed by atoms with Gasteiger partial charge in [0.15, 0.2) is 11.9 Å². The molecule has 0 spiro atoms. The molecule has 0 unspecified atom stereocenters. The first-order valence-electron chi connectivity index (χ1n) is 7.12. The Kier molecular flexibility index (Phi) is 3.77. The van der Waals surface area contributed by atoms with Gasteiger partial charge in [-0.2, -0.15) is 0 Å². The van der Waals surface area contributed by atoms with Crippen LogP contribution in [0.15, 0.2) is 59.8 Å². The predicted molar refractivity (Wildman–Crippen MR) is 83.4 cm³/mol. The Bertz CT molecular complexity index is 623. The fourth-order valence-electron chi connectivity index (χ4n) is 2.51. The molecule has 108 valence electrons. The van der Waals surface area contributed by atoms with Crippen LogP contribution in [-0.2, 0) is 4.84 Å². The lowest BCUT2D eigenvalue weighted by Crippen LogP contribution is -2.29. The predicted octanol–water partition coefficient (Wildman–Crippen LogP) is 3.69. The van der Waals surface area contributed by atoms with Gasteiger partial charge in [-0.3, -0.25) is 0 Å². The van der Waals surface area contributed by atoms with Gasteiger partial charge in [0.25, 0.3) is 0 Å². The molecule has 1 aliphatic rings. The molecule has 1 N–H and O–H groups in total. The second-order valence-corrected chi connectivity index (χ2v) is 4.98. The number of hydrogen-bond acceptors (Lipinski definition) is 4. The first kappa shape index (κ1) is 13.5. The maximum atomic E-state index is 9.35. The molecule has 0 aliphatic carbocycles. The number of amidine groups is 1. The summed E-state index contributed by atoms with van der Waals surface area (Å²) < 4.78 is 0. The van der Waals surface area contributed by atoms with Crippen LogP contribution in [0.1, 0.15) is 25.0 Å². The van der Waals surface area contributed by atoms with Gasteiger partial charge in [0.2, 0.25) is 0 Å². The maximum Gasteiger partial charge on any atom is 0.159 e. The van der Waals surface area contributed by atoms with Crippen LogP contribution in [0.5, 0.6) is 5.75 Å². The molecular formula is C17H18N2O2. The molecule has 4 nitrogen and oxygen atoms in total. The Morgan fingerprint density at radius 3 is 2.52 bits per heavy atom. The quantitative estimate of drug-likeness (QED) is 0.933. The highest BCUT2D eigenvalue weighted by molar-refractivity contribution is 5.98. The van der Waals surface area contributed by atoms with E-state index in [1.165, 1.54) is 0 Å². The number of anilines is 1. The topological polar surface area (TPSA) is 45.1 Å². The molecule has 2 aromatic rings. The van der Waals surface area contributed by atoms with Gasteiger partial charge < -0.3 is 14.8 Å². The van der Waals surface area contributed by atoms with E-state index in [9.17, 15) is 5.11 Å². The van der Waals surface area contributed by atoms with Crippen LogP contribution in [0.25, 0.3) is 0 Å². The van der Waals surface area contributed by atoms with E-state index in [2.05, 4.69) is 29.1 Å². The highest BCUT2D eigenvalue weighted by Crippen LogP contribution is 2.30. The normalized spacial score (nSPS) is 17.2. The molecule has 0 aromatic heterocycles. The Morgan fingerprint density at radius 1 is 1.14 bits per heavy atom. The summed E-state index contributed by atoms with van der Waals surface area (Å²) in [5.74, 6) is 1.19. The number of phenolic OH excluding ortho intramolecular Hbond substituents is 1. The number of phenols is 1. The molecule has 0 amide bonds. The Hall–Kier alpha value is -2.49. The standard InChI is InChI=1S/C17H18N2O2/c1-2-19(14-6-4-3-5-7-14)17-12-16(21-18-17)13-8-10-15(20)11-9-13/h3-11,16,20H,2,12H2,1H3/t16-/m0/s1. The van der Waals surface area contributed by atoms with Crippen molar-refractivity contribution in [3.05, 3.63) is 60.2 Å². The average molecular weight is 282 g/mol. The molecular weight excluding hydrogens is 264 g/mol. The fourth-order valence-corrected chi connectivity index (χ4v) is 2.51. The number of nitrogens with zero attached hydrogens (tertiary/aromatic N) is 2. The zero-order valence-electron chi connectivity index (χ0n) is 11.9. The van der Waals surface area contributed by atoms with Crippen LogP contribution in [0.3, 0.4) is 0 Å². The number of rotatable bonds is 3. The zero-order valence-corrected chi connectivity index (χ0v) is 11.9. The van der Waals surface area contributed by atoms with Crippen molar-refractivity contribution in [2.75, 3.05) is 11.4 Å². The van der Waals surface area contributed by atoms with Gasteiger partial charge in [0, 0.05) is 12.2 Å². The van der Waals surface area contributed by atoms with Crippen LogP contribution < -0.4 is 4.90 Å². The van der Waals surface area contributed by atoms with Crippen molar-refractivity contribution < 1.29 is 9.94 Å². The lowest BCUT2D eigenvalue weighted by atomic mass is 10.1. The maximum absolute atomic E-state index is 9.35. The van der Waals surface area contributed by atoms with Crippen molar-refractivity contribution in [1.29, 1.82) is 0 Å². The van der Waals surface area contributed by atoms with Crippen LogP contribution in [-0.4, -0.2) is 17.5 Å². The summed E-state index contributed by atoms with van der Waals surface area (Å²) in [5.41, 5.74) is 2.14. The van der Waals surface area contributed by atoms with E-state index in [0.29, 0.717) is 0 Å². The Labute approximate surface area is 124 Å². The molecule has 0 saturated heterocycles. The average Bonchev–Trinajstić information content (AvgIpc) is 2.99. The molecule has 0 saturated carbocycles. The Morgan fingerprint density at radius 2 is 1.86 bits per heavy atom. The van der Waals surface area contributed by atoms with E-state index >= 15 is 0 Å². The van der Waals surface area contributed by atoms with E-state index < -0.39 is 0 Å². The third kappa shape index (κ3) is 2.84. The molecule has 0 fully saturated rings. The third-order valence-electron chi connectivity index (χ3n) is 3.61. The van der Waals surface area contributed by atoms with E-state index in [4.69, 9.17) is 4.84 Å². The molecule has 3 rings (SSSR count). The second kappa shape index (κ2) is 5.87. The van der Waals surface area contributed by atoms with Gasteiger partial charge >= 0.3 is 0 Å². The molecule has 0 bridgehead atoms. The highest BCUT2D eigenvalue weighted by atomic mass is 16.6. The van der Waals surface area contributed by atoms with Crippen molar-refractivity contribution >= 4 is 11.5 Å². The van der Waals surface area contributed by atoms with Gasteiger partial charge in [0.05, 0.1) is 6.42 Å². The number of aromatic hydroxyl groups is 1. The molecule has 4 heteroatoms. The van der Waals surface area contributed by atoms with Crippen molar-refractivity contribution in [2.24, 2.45) is 5.16 Å². The number of para-hydroxylation sites is 1. The van der Waals surface area contributed by atoms with Crippen LogP contribution >= 0.6 is 0 Å². The summed E-state index contributed by atoms with van der Waals surface area (Å²) in [4.78, 5) is 7.71. The third-order valence-corrected chi connectivity index (χ3v) is 3.61. The van der Waals surface area contributed by atoms with Crippen molar-refractivity contribution in [2.45, 2.75) is 19.4 Å². The van der Waals surface area contributed by atoms with Gasteiger partial charge in [-0.15, -0.1) is 0 Å². The molecule has 0 radical (unpaired) electrons. The summed E-state index contributed by atoms with van der Waals surface area (Å²) in [6.07, 6.45) is 0.645. The SMILES string of the molecule is CCN(C1=NO[C@H](c2ccc(O)cc2)C1)c1ccccc1. The summed E-state index contributed by atoms with van der Waals surface area (Å²) in [6.45, 7) is 2.94. The molecule has 1 aliphatic heterocycles. The minimum absolute atomic E-state index is 0.0848. The summed E-state index contributed by atoms with van der Waals surface area (Å²) in [5, 5.41) is 13.6. The number of hydrogen-bond donors (Lipinski definition) is 1. The lowest BCUT2D eigenvalue weighted by molar-refractivity contribution is 0.0857. The van der Waals surface area contributed by atoms with Crippen LogP contribution in [0, 0.1) is 0 Å². The number of benzene rings is 2. The van der Waals surface area contributed by atoms with E-state index in [-0.39, 0.29) is 11.9 Å². The minimum atomic E-state index is -0.0848. The smallest absolute Gasteiger partial charge is 0.159 e. The Balaban J connectivity index is 1.75. The number of oxime groups is 1. The largest absolute Gasteiger partial charge is 0.508 e. The molecule has 21 heavy (non-hydrogen) atoms. The van der Waals surface area contributed by atoms with E-state index in [1.54, 1.807) is 12.1 Å². The molecule has 2 aromatic carbocycles. The van der Waals surface area contributed by atoms with E-state index in [0.717, 1.165) is 30.1 Å². The van der Waals surface area contributed by atoms with Crippen LogP contribution in [0.2, 0.25) is 0 Å². The molecule has 1 heterocycles. The summed E-state index contributed by atoms with van der Waals surface area (Å²) >= 11 is 0. The molecule has 1 atom stereocenters. The van der Waals surface area contributed by atoms with Gasteiger partial charge in [0.1, 0.15) is 5.75 Å². The van der Waals surface area contributed by atoms with Gasteiger partial charge in [-0.05, 0) is 36.8 Å². The van der Waals surface area contributed by atoms with Crippen molar-refractivity contribution in [1.82, 2.24) is 0 Å². The first-order valence-corrected chi connectivity index (χ1v) is 7.12.